The van der Waals surface area contributed by atoms with Gasteiger partial charge < -0.3 is 15.2 Å². The number of nitrogens with one attached hydrogen (secondary N) is 1. The second-order valence-corrected chi connectivity index (χ2v) is 6.87. The third-order valence-corrected chi connectivity index (χ3v) is 3.30. The van der Waals surface area contributed by atoms with E-state index in [1.54, 1.807) is 20.8 Å². The molecule has 0 heterocycles. The van der Waals surface area contributed by atoms with Gasteiger partial charge in [0.15, 0.2) is 0 Å². The molecule has 0 saturated heterocycles. The first kappa shape index (κ1) is 22.6. The number of carboxylic acids is 1. The maximum absolute atomic E-state index is 13.9. The minimum atomic E-state index is -2.97. The first-order chi connectivity index (χ1) is 10.9. The van der Waals surface area contributed by atoms with Crippen LogP contribution in [0.4, 0.5) is 13.6 Å². The molecule has 0 unspecified atom stereocenters. The predicted octanol–water partition coefficient (Wildman–Crippen LogP) is 3.11. The molecule has 0 rings (SSSR count). The smallest absolute Gasteiger partial charge is 0.407 e. The summed E-state index contributed by atoms with van der Waals surface area (Å²) < 4.78 is 32.9. The van der Waals surface area contributed by atoms with Crippen LogP contribution < -0.4 is 5.32 Å². The number of alkyl carbamates (subject to hydrolysis) is 1. The first-order valence-electron chi connectivity index (χ1n) is 8.19. The van der Waals surface area contributed by atoms with Crippen molar-refractivity contribution in [2.45, 2.75) is 71.4 Å². The van der Waals surface area contributed by atoms with Crippen LogP contribution in [0.15, 0.2) is 0 Å². The average Bonchev–Trinajstić information content (AvgIpc) is 2.41. The van der Waals surface area contributed by atoms with Crippen LogP contribution in [-0.2, 0) is 9.53 Å². The number of aliphatic carboxylic acids is 1. The maximum Gasteiger partial charge on any atom is 0.407 e. The number of halogens is 2. The van der Waals surface area contributed by atoms with Gasteiger partial charge >= 0.3 is 12.1 Å². The Balaban J connectivity index is 4.63. The molecule has 0 saturated carbocycles. The van der Waals surface area contributed by atoms with Crippen LogP contribution in [0.25, 0.3) is 0 Å². The third-order valence-electron chi connectivity index (χ3n) is 3.30. The molecule has 142 valence electrons. The molecule has 0 bridgehead atoms. The average molecular weight is 352 g/mol. The lowest BCUT2D eigenvalue weighted by Gasteiger charge is -2.30. The van der Waals surface area contributed by atoms with Gasteiger partial charge in [-0.05, 0) is 34.1 Å². The Bertz CT molecular complexity index is 411. The molecule has 0 aliphatic heterocycles. The predicted molar refractivity (Wildman–Crippen MR) is 87.4 cm³/mol. The number of carboxylic acid groups (broad SMARTS) is 1. The van der Waals surface area contributed by atoms with E-state index in [1.807, 2.05) is 6.92 Å². The molecule has 0 aliphatic carbocycles. The fourth-order valence-corrected chi connectivity index (χ4v) is 1.99. The minimum Gasteiger partial charge on any atom is -0.480 e. The number of ether oxygens (including phenoxy) is 1. The van der Waals surface area contributed by atoms with Gasteiger partial charge in [-0.25, -0.2) is 13.6 Å². The molecular weight excluding hydrogens is 322 g/mol. The Morgan fingerprint density at radius 3 is 2.33 bits per heavy atom. The number of carbonyl (C=O) groups excluding carboxylic acids is 1. The summed E-state index contributed by atoms with van der Waals surface area (Å²) in [4.78, 5) is 23.8. The van der Waals surface area contributed by atoms with Crippen molar-refractivity contribution in [3.63, 3.8) is 0 Å². The zero-order chi connectivity index (χ0) is 19.0. The molecule has 0 aromatic rings. The van der Waals surface area contributed by atoms with Gasteiger partial charge in [-0.1, -0.05) is 13.3 Å². The van der Waals surface area contributed by atoms with E-state index < -0.39 is 36.2 Å². The van der Waals surface area contributed by atoms with Crippen LogP contribution in [0.3, 0.4) is 0 Å². The number of unbranched alkanes of at least 4 members (excludes halogenated alkanes) is 1. The quantitative estimate of drug-likeness (QED) is 0.632. The zero-order valence-corrected chi connectivity index (χ0v) is 15.2. The molecule has 0 aliphatic rings. The molecule has 0 spiro atoms. The van der Waals surface area contributed by atoms with Crippen LogP contribution in [-0.4, -0.2) is 59.3 Å². The summed E-state index contributed by atoms with van der Waals surface area (Å²) in [6.07, 6.45) is 0.0670. The monoisotopic (exact) mass is 352 g/mol. The van der Waals surface area contributed by atoms with Crippen molar-refractivity contribution in [1.82, 2.24) is 10.2 Å². The highest BCUT2D eigenvalue weighted by molar-refractivity contribution is 5.73. The fourth-order valence-electron chi connectivity index (χ4n) is 1.99. The van der Waals surface area contributed by atoms with Gasteiger partial charge in [0.1, 0.15) is 11.6 Å². The zero-order valence-electron chi connectivity index (χ0n) is 15.2. The van der Waals surface area contributed by atoms with Gasteiger partial charge in [0, 0.05) is 19.5 Å². The van der Waals surface area contributed by atoms with E-state index >= 15 is 0 Å². The van der Waals surface area contributed by atoms with Gasteiger partial charge in [-0.2, -0.15) is 0 Å². The van der Waals surface area contributed by atoms with Crippen LogP contribution in [0, 0.1) is 0 Å². The third kappa shape index (κ3) is 10.4. The Kier molecular flexibility index (Phi) is 9.17. The highest BCUT2D eigenvalue weighted by atomic mass is 19.3. The number of carbonyl (C=O) groups is 2. The summed E-state index contributed by atoms with van der Waals surface area (Å²) in [7, 11) is 0. The molecule has 0 radical (unpaired) electrons. The molecule has 1 atom stereocenters. The number of alkyl halides is 2. The van der Waals surface area contributed by atoms with Crippen LogP contribution in [0.5, 0.6) is 0 Å². The van der Waals surface area contributed by atoms with Gasteiger partial charge in [-0.15, -0.1) is 0 Å². The summed E-state index contributed by atoms with van der Waals surface area (Å²) in [5.41, 5.74) is -0.661. The van der Waals surface area contributed by atoms with Crippen LogP contribution in [0.2, 0.25) is 0 Å². The summed E-state index contributed by atoms with van der Waals surface area (Å²) in [6, 6.07) is -1.07. The van der Waals surface area contributed by atoms with Gasteiger partial charge in [0.2, 0.25) is 0 Å². The van der Waals surface area contributed by atoms with Gasteiger partial charge in [0.25, 0.3) is 5.92 Å². The fraction of sp³-hybridized carbons (Fsp3) is 0.875. The van der Waals surface area contributed by atoms with Crippen LogP contribution >= 0.6 is 0 Å². The molecule has 8 heteroatoms. The summed E-state index contributed by atoms with van der Waals surface area (Å²) in [5.74, 6) is -4.15. The van der Waals surface area contributed by atoms with Crippen molar-refractivity contribution in [2.75, 3.05) is 19.6 Å². The summed E-state index contributed by atoms with van der Waals surface area (Å²) in [6.45, 7) is 7.66. The van der Waals surface area contributed by atoms with E-state index in [2.05, 4.69) is 5.32 Å². The standard InChI is InChI=1S/C16H30F2N2O4/c1-6-7-8-16(17,18)11-20(12(2)13(21)22)10-9-19-14(23)24-15(3,4)5/h12H,6-11H2,1-5H3,(H,19,23)(H,21,22)/t12-/m0/s1. The van der Waals surface area contributed by atoms with E-state index in [0.717, 1.165) is 4.90 Å². The van der Waals surface area contributed by atoms with Crippen molar-refractivity contribution >= 4 is 12.1 Å². The number of hydrogen-bond donors (Lipinski definition) is 2. The van der Waals surface area contributed by atoms with E-state index in [1.165, 1.54) is 6.92 Å². The second-order valence-electron chi connectivity index (χ2n) is 6.87. The van der Waals surface area contributed by atoms with Crippen molar-refractivity contribution in [2.24, 2.45) is 0 Å². The minimum absolute atomic E-state index is 0.00553. The molecule has 2 N–H and O–H groups in total. The summed E-state index contributed by atoms with van der Waals surface area (Å²) >= 11 is 0. The van der Waals surface area contributed by atoms with Crippen LogP contribution in [0.1, 0.15) is 53.9 Å². The van der Waals surface area contributed by atoms with E-state index in [-0.39, 0.29) is 19.5 Å². The summed E-state index contributed by atoms with van der Waals surface area (Å²) in [5, 5.41) is 11.5. The highest BCUT2D eigenvalue weighted by Gasteiger charge is 2.34. The molecule has 0 aromatic heterocycles. The highest BCUT2D eigenvalue weighted by Crippen LogP contribution is 2.23. The number of hydrogen-bond acceptors (Lipinski definition) is 4. The largest absolute Gasteiger partial charge is 0.480 e. The number of rotatable bonds is 10. The Hall–Kier alpha value is -1.44. The Labute approximate surface area is 142 Å². The second kappa shape index (κ2) is 9.76. The maximum atomic E-state index is 13.9. The Morgan fingerprint density at radius 2 is 1.88 bits per heavy atom. The Morgan fingerprint density at radius 1 is 1.29 bits per heavy atom. The van der Waals surface area contributed by atoms with Gasteiger partial charge in [-0.3, -0.25) is 9.69 Å². The molecule has 0 fully saturated rings. The normalized spacial score (nSPS) is 13.7. The SMILES string of the molecule is CCCCC(F)(F)CN(CCNC(=O)OC(C)(C)C)[C@@H](C)C(=O)O. The molecular formula is C16H30F2N2O4. The van der Waals surface area contributed by atoms with Crippen molar-refractivity contribution in [3.8, 4) is 0 Å². The van der Waals surface area contributed by atoms with E-state index in [4.69, 9.17) is 9.84 Å². The number of nitrogens with zero attached hydrogens (tertiary/aromatic N) is 1. The van der Waals surface area contributed by atoms with E-state index in [9.17, 15) is 18.4 Å². The van der Waals surface area contributed by atoms with E-state index in [0.29, 0.717) is 12.8 Å². The topological polar surface area (TPSA) is 78.9 Å². The number of amides is 1. The lowest BCUT2D eigenvalue weighted by molar-refractivity contribution is -0.144. The lowest BCUT2D eigenvalue weighted by Crippen LogP contribution is -2.48. The van der Waals surface area contributed by atoms with Crippen molar-refractivity contribution < 1.29 is 28.2 Å². The van der Waals surface area contributed by atoms with Crippen molar-refractivity contribution in [3.05, 3.63) is 0 Å². The molecule has 6 nitrogen and oxygen atoms in total. The van der Waals surface area contributed by atoms with Crippen molar-refractivity contribution in [1.29, 1.82) is 0 Å². The first-order valence-corrected chi connectivity index (χ1v) is 8.19. The lowest BCUT2D eigenvalue weighted by atomic mass is 10.1. The molecule has 24 heavy (non-hydrogen) atoms. The molecule has 1 amide bonds. The molecule has 0 aromatic carbocycles. The van der Waals surface area contributed by atoms with Gasteiger partial charge in [0.05, 0.1) is 6.54 Å².